The lowest BCUT2D eigenvalue weighted by molar-refractivity contribution is -0.133. The van der Waals surface area contributed by atoms with Crippen molar-refractivity contribution in [2.24, 2.45) is 0 Å². The second-order valence-corrected chi connectivity index (χ2v) is 7.51. The van der Waals surface area contributed by atoms with Crippen LogP contribution < -0.4 is 0 Å². The van der Waals surface area contributed by atoms with Crippen LogP contribution >= 0.6 is 0 Å². The minimum Gasteiger partial charge on any atom is -0.340 e. The summed E-state index contributed by atoms with van der Waals surface area (Å²) in [6, 6.07) is 10.00. The van der Waals surface area contributed by atoms with Gasteiger partial charge in [0.2, 0.25) is 5.91 Å². The molecule has 6 nitrogen and oxygen atoms in total. The number of imidazole rings is 1. The van der Waals surface area contributed by atoms with Gasteiger partial charge in [-0.25, -0.2) is 15.0 Å². The number of fused-ring (bicyclic) bond motifs is 1. The maximum absolute atomic E-state index is 13.1. The molecule has 1 aromatic carbocycles. The van der Waals surface area contributed by atoms with Crippen molar-refractivity contribution in [3.8, 4) is 0 Å². The Morgan fingerprint density at radius 3 is 2.89 bits per heavy atom. The number of amides is 1. The molecule has 0 saturated carbocycles. The average molecular weight is 363 g/mol. The molecule has 0 radical (unpaired) electrons. The quantitative estimate of drug-likeness (QED) is 0.713. The lowest BCUT2D eigenvalue weighted by Crippen LogP contribution is -2.41. The molecule has 4 rings (SSSR count). The van der Waals surface area contributed by atoms with Gasteiger partial charge in [0, 0.05) is 36.8 Å². The molecule has 1 atom stereocenters. The Hall–Kier alpha value is -2.76. The number of nitrogens with zero attached hydrogens (tertiary/aromatic N) is 5. The number of benzene rings is 1. The van der Waals surface area contributed by atoms with E-state index in [1.807, 2.05) is 35.2 Å². The summed E-state index contributed by atoms with van der Waals surface area (Å²) in [5, 5.41) is 0. The first-order chi connectivity index (χ1) is 13.1. The second-order valence-electron chi connectivity index (χ2n) is 7.51. The molecule has 0 spiro atoms. The van der Waals surface area contributed by atoms with Crippen LogP contribution in [-0.2, 0) is 11.3 Å². The van der Waals surface area contributed by atoms with Crippen molar-refractivity contribution in [3.05, 3.63) is 54.4 Å². The number of aromatic nitrogens is 4. The summed E-state index contributed by atoms with van der Waals surface area (Å²) in [5.41, 5.74) is 3.00. The summed E-state index contributed by atoms with van der Waals surface area (Å²) in [6.07, 6.45) is 5.42. The maximum Gasteiger partial charge on any atom is 0.242 e. The van der Waals surface area contributed by atoms with Gasteiger partial charge in [-0.2, -0.15) is 0 Å². The summed E-state index contributed by atoms with van der Waals surface area (Å²) >= 11 is 0. The van der Waals surface area contributed by atoms with Crippen LogP contribution in [0.4, 0.5) is 0 Å². The van der Waals surface area contributed by atoms with Gasteiger partial charge >= 0.3 is 0 Å². The van der Waals surface area contributed by atoms with E-state index in [2.05, 4.69) is 28.4 Å². The molecule has 6 heteroatoms. The van der Waals surface area contributed by atoms with Crippen molar-refractivity contribution >= 4 is 16.9 Å². The fraction of sp³-hybridized carbons (Fsp3) is 0.429. The zero-order valence-electron chi connectivity index (χ0n) is 15.9. The van der Waals surface area contributed by atoms with E-state index in [0.29, 0.717) is 6.54 Å². The third-order valence-corrected chi connectivity index (χ3v) is 5.29. The Kier molecular flexibility index (Phi) is 4.88. The van der Waals surface area contributed by atoms with Crippen molar-refractivity contribution < 1.29 is 4.79 Å². The average Bonchev–Trinajstić information content (AvgIpc) is 3.08. The normalized spacial score (nSPS) is 17.6. The van der Waals surface area contributed by atoms with Gasteiger partial charge in [0.05, 0.1) is 11.0 Å². The van der Waals surface area contributed by atoms with Gasteiger partial charge in [-0.05, 0) is 31.0 Å². The molecule has 1 amide bonds. The molecule has 0 aliphatic carbocycles. The van der Waals surface area contributed by atoms with Crippen molar-refractivity contribution in [1.82, 2.24) is 24.4 Å². The molecule has 1 saturated heterocycles. The molecule has 0 bridgehead atoms. The Morgan fingerprint density at radius 2 is 2.11 bits per heavy atom. The number of hydrogen-bond donors (Lipinski definition) is 0. The van der Waals surface area contributed by atoms with E-state index >= 15 is 0 Å². The predicted octanol–water partition coefficient (Wildman–Crippen LogP) is 3.36. The van der Waals surface area contributed by atoms with Crippen molar-refractivity contribution in [2.75, 3.05) is 13.1 Å². The van der Waals surface area contributed by atoms with E-state index < -0.39 is 0 Å². The Bertz CT molecular complexity index is 934. The van der Waals surface area contributed by atoms with Gasteiger partial charge in [0.15, 0.2) is 0 Å². The molecular formula is C21H25N5O. The predicted molar refractivity (Wildman–Crippen MR) is 104 cm³/mol. The topological polar surface area (TPSA) is 63.9 Å². The highest BCUT2D eigenvalue weighted by molar-refractivity contribution is 5.81. The van der Waals surface area contributed by atoms with Gasteiger partial charge in [-0.3, -0.25) is 4.79 Å². The van der Waals surface area contributed by atoms with Crippen LogP contribution in [0.3, 0.4) is 0 Å². The highest BCUT2D eigenvalue weighted by atomic mass is 16.2. The van der Waals surface area contributed by atoms with Crippen molar-refractivity contribution in [1.29, 1.82) is 0 Å². The Morgan fingerprint density at radius 1 is 1.26 bits per heavy atom. The minimum absolute atomic E-state index is 0.152. The van der Waals surface area contributed by atoms with Crippen LogP contribution in [0.5, 0.6) is 0 Å². The molecule has 0 unspecified atom stereocenters. The number of hydrogen-bond acceptors (Lipinski definition) is 4. The van der Waals surface area contributed by atoms with Crippen LogP contribution in [0.25, 0.3) is 11.0 Å². The van der Waals surface area contributed by atoms with E-state index in [1.165, 1.54) is 0 Å². The lowest BCUT2D eigenvalue weighted by Gasteiger charge is -2.32. The standard InChI is InChI=1S/C21H25N5O/c1-15(2)21-24-18-7-3-4-8-19(18)26(21)13-20(27)25-11-5-6-16(12-25)17-9-10-22-14-23-17/h3-4,7-10,14-16H,5-6,11-13H2,1-2H3/t16-/m0/s1. The fourth-order valence-corrected chi connectivity index (χ4v) is 3.92. The number of likely N-dealkylation sites (tertiary alicyclic amines) is 1. The van der Waals surface area contributed by atoms with Gasteiger partial charge in [0.25, 0.3) is 0 Å². The van der Waals surface area contributed by atoms with Crippen LogP contribution in [0.1, 0.15) is 50.0 Å². The van der Waals surface area contributed by atoms with Crippen LogP contribution in [0.2, 0.25) is 0 Å². The van der Waals surface area contributed by atoms with E-state index in [0.717, 1.165) is 48.5 Å². The minimum atomic E-state index is 0.152. The molecule has 2 aromatic heterocycles. The van der Waals surface area contributed by atoms with E-state index in [1.54, 1.807) is 12.5 Å². The summed E-state index contributed by atoms with van der Waals surface area (Å²) < 4.78 is 2.08. The molecule has 3 aromatic rings. The molecule has 27 heavy (non-hydrogen) atoms. The summed E-state index contributed by atoms with van der Waals surface area (Å²) in [4.78, 5) is 28.2. The van der Waals surface area contributed by atoms with Gasteiger partial charge in [0.1, 0.15) is 18.7 Å². The number of carbonyl (C=O) groups excluding carboxylic acids is 1. The molecule has 1 fully saturated rings. The SMILES string of the molecule is CC(C)c1nc2ccccc2n1CC(=O)N1CCC[C@H](c2ccncn2)C1. The zero-order valence-corrected chi connectivity index (χ0v) is 15.9. The van der Waals surface area contributed by atoms with Crippen LogP contribution in [0, 0.1) is 0 Å². The van der Waals surface area contributed by atoms with Crippen LogP contribution in [-0.4, -0.2) is 43.4 Å². The largest absolute Gasteiger partial charge is 0.340 e. The van der Waals surface area contributed by atoms with E-state index in [9.17, 15) is 4.79 Å². The van der Waals surface area contributed by atoms with Crippen LogP contribution in [0.15, 0.2) is 42.9 Å². The van der Waals surface area contributed by atoms with Crippen molar-refractivity contribution in [2.45, 2.75) is 45.1 Å². The molecule has 140 valence electrons. The number of carbonyl (C=O) groups is 1. The zero-order chi connectivity index (χ0) is 18.8. The lowest BCUT2D eigenvalue weighted by atomic mass is 9.94. The Labute approximate surface area is 159 Å². The number of para-hydroxylation sites is 2. The molecular weight excluding hydrogens is 338 g/mol. The first kappa shape index (κ1) is 17.6. The third-order valence-electron chi connectivity index (χ3n) is 5.29. The third kappa shape index (κ3) is 3.56. The molecule has 1 aliphatic rings. The van der Waals surface area contributed by atoms with Gasteiger partial charge in [-0.1, -0.05) is 26.0 Å². The first-order valence-electron chi connectivity index (χ1n) is 9.62. The van der Waals surface area contributed by atoms with E-state index in [4.69, 9.17) is 4.98 Å². The summed E-state index contributed by atoms with van der Waals surface area (Å²) in [5.74, 6) is 1.67. The number of rotatable bonds is 4. The second kappa shape index (κ2) is 7.47. The summed E-state index contributed by atoms with van der Waals surface area (Å²) in [6.45, 7) is 6.11. The van der Waals surface area contributed by atoms with Gasteiger partial charge in [-0.15, -0.1) is 0 Å². The fourth-order valence-electron chi connectivity index (χ4n) is 3.92. The maximum atomic E-state index is 13.1. The Balaban J connectivity index is 1.55. The molecule has 3 heterocycles. The summed E-state index contributed by atoms with van der Waals surface area (Å²) in [7, 11) is 0. The smallest absolute Gasteiger partial charge is 0.242 e. The monoisotopic (exact) mass is 363 g/mol. The van der Waals surface area contributed by atoms with Gasteiger partial charge < -0.3 is 9.47 Å². The number of piperidine rings is 1. The highest BCUT2D eigenvalue weighted by Gasteiger charge is 2.26. The van der Waals surface area contributed by atoms with E-state index in [-0.39, 0.29) is 17.7 Å². The van der Waals surface area contributed by atoms with Crippen molar-refractivity contribution in [3.63, 3.8) is 0 Å². The molecule has 0 N–H and O–H groups in total. The first-order valence-corrected chi connectivity index (χ1v) is 9.62. The molecule has 1 aliphatic heterocycles. The highest BCUT2D eigenvalue weighted by Crippen LogP contribution is 2.26.